The predicted molar refractivity (Wildman–Crippen MR) is 143 cm³/mol. The monoisotopic (exact) mass is 503 g/mol. The molecule has 0 unspecified atom stereocenters. The smallest absolute Gasteiger partial charge is 0.228 e. The van der Waals surface area contributed by atoms with Gasteiger partial charge < -0.3 is 24.6 Å². The summed E-state index contributed by atoms with van der Waals surface area (Å²) in [6, 6.07) is 13.6. The number of anilines is 2. The Morgan fingerprint density at radius 1 is 1.08 bits per heavy atom. The van der Waals surface area contributed by atoms with Crippen LogP contribution in [0, 0.1) is 5.92 Å². The minimum atomic E-state index is 0.384. The molecule has 10 heteroatoms. The van der Waals surface area contributed by atoms with Crippen LogP contribution in [0.25, 0.3) is 11.3 Å². The fraction of sp³-hybridized carbons (Fsp3) is 0.407. The van der Waals surface area contributed by atoms with E-state index in [1.165, 1.54) is 5.57 Å². The number of aliphatic imine (C=N–C) groups is 1. The molecule has 2 aliphatic rings. The number of hydrogen-bond donors (Lipinski definition) is 2. The molecule has 0 atom stereocenters. The van der Waals surface area contributed by atoms with E-state index < -0.39 is 0 Å². The second kappa shape index (κ2) is 12.0. The lowest BCUT2D eigenvalue weighted by Gasteiger charge is -2.26. The lowest BCUT2D eigenvalue weighted by molar-refractivity contribution is 0.0320. The Kier molecular flexibility index (Phi) is 8.07. The van der Waals surface area contributed by atoms with Gasteiger partial charge in [0.2, 0.25) is 11.8 Å². The molecular formula is C27H33N7O3. The summed E-state index contributed by atoms with van der Waals surface area (Å²) in [6.45, 7) is 10.1. The Labute approximate surface area is 216 Å². The number of benzene rings is 1. The van der Waals surface area contributed by atoms with Crippen molar-refractivity contribution in [2.45, 2.75) is 20.4 Å². The van der Waals surface area contributed by atoms with Crippen LogP contribution in [0.4, 0.5) is 11.8 Å². The van der Waals surface area contributed by atoms with Crippen molar-refractivity contribution in [1.29, 1.82) is 0 Å². The third-order valence-electron chi connectivity index (χ3n) is 6.26. The molecule has 2 N–H and O–H groups in total. The van der Waals surface area contributed by atoms with Gasteiger partial charge in [0.25, 0.3) is 0 Å². The van der Waals surface area contributed by atoms with Crippen LogP contribution in [0.2, 0.25) is 0 Å². The van der Waals surface area contributed by atoms with Gasteiger partial charge in [0.05, 0.1) is 26.3 Å². The van der Waals surface area contributed by atoms with Crippen LogP contribution in [0.3, 0.4) is 0 Å². The van der Waals surface area contributed by atoms with Gasteiger partial charge in [-0.1, -0.05) is 49.3 Å². The molecule has 2 aliphatic heterocycles. The van der Waals surface area contributed by atoms with E-state index in [0.29, 0.717) is 49.0 Å². The Hall–Kier alpha value is -3.76. The van der Waals surface area contributed by atoms with E-state index in [0.717, 1.165) is 49.9 Å². The van der Waals surface area contributed by atoms with Crippen LogP contribution < -0.4 is 15.4 Å². The van der Waals surface area contributed by atoms with Crippen molar-refractivity contribution in [3.8, 4) is 17.1 Å². The van der Waals surface area contributed by atoms with E-state index in [2.05, 4.69) is 55.6 Å². The zero-order chi connectivity index (χ0) is 25.5. The van der Waals surface area contributed by atoms with Crippen LogP contribution in [-0.4, -0.2) is 71.9 Å². The highest BCUT2D eigenvalue weighted by atomic mass is 16.5. The standard InChI is InChI=1S/C27H33N7O3/c1-19(2)21-14-24(28-17-21)30-25-16-26(36-13-10-34-8-11-35-12-9-34)32-27(31-25)29-18-22-15-23(33-37-22)20-6-4-3-5-7-20/h3-7,14-16,19H,8-13,17-18H2,1-2H3,(H2,28,29,30,31,32). The molecule has 0 aliphatic carbocycles. The molecule has 0 bridgehead atoms. The molecule has 0 amide bonds. The largest absolute Gasteiger partial charge is 0.476 e. The summed E-state index contributed by atoms with van der Waals surface area (Å²) in [4.78, 5) is 16.1. The van der Waals surface area contributed by atoms with E-state index >= 15 is 0 Å². The number of rotatable bonds is 10. The van der Waals surface area contributed by atoms with Crippen molar-refractivity contribution in [3.05, 3.63) is 59.9 Å². The molecule has 10 nitrogen and oxygen atoms in total. The predicted octanol–water partition coefficient (Wildman–Crippen LogP) is 3.86. The SMILES string of the molecule is CC(C)C1=CC(Nc2cc(OCCN3CCOCC3)nc(NCc3cc(-c4ccccc4)no3)n2)=NC1. The summed E-state index contributed by atoms with van der Waals surface area (Å²) in [5.41, 5.74) is 3.08. The average Bonchev–Trinajstić information content (AvgIpc) is 3.59. The van der Waals surface area contributed by atoms with Crippen molar-refractivity contribution in [3.63, 3.8) is 0 Å². The van der Waals surface area contributed by atoms with Crippen LogP contribution in [0.5, 0.6) is 5.88 Å². The Balaban J connectivity index is 1.26. The number of hydrogen-bond acceptors (Lipinski definition) is 10. The van der Waals surface area contributed by atoms with Gasteiger partial charge >= 0.3 is 0 Å². The molecule has 2 aromatic heterocycles. The molecule has 1 saturated heterocycles. The fourth-order valence-corrected chi connectivity index (χ4v) is 4.05. The molecule has 4 heterocycles. The number of morpholine rings is 1. The Morgan fingerprint density at radius 2 is 1.92 bits per heavy atom. The van der Waals surface area contributed by atoms with Crippen molar-refractivity contribution >= 4 is 17.6 Å². The molecule has 0 spiro atoms. The first kappa shape index (κ1) is 24.9. The van der Waals surface area contributed by atoms with Gasteiger partial charge in [-0.15, -0.1) is 0 Å². The number of amidine groups is 1. The molecule has 3 aromatic rings. The maximum absolute atomic E-state index is 6.02. The van der Waals surface area contributed by atoms with E-state index in [4.69, 9.17) is 14.0 Å². The average molecular weight is 504 g/mol. The summed E-state index contributed by atoms with van der Waals surface area (Å²) >= 11 is 0. The van der Waals surface area contributed by atoms with Gasteiger partial charge in [-0.3, -0.25) is 9.89 Å². The van der Waals surface area contributed by atoms with E-state index in [1.54, 1.807) is 6.07 Å². The first-order valence-corrected chi connectivity index (χ1v) is 12.7. The van der Waals surface area contributed by atoms with Crippen LogP contribution >= 0.6 is 0 Å². The third-order valence-corrected chi connectivity index (χ3v) is 6.26. The Bertz CT molecular complexity index is 1230. The third kappa shape index (κ3) is 6.93. The quantitative estimate of drug-likeness (QED) is 0.426. The van der Waals surface area contributed by atoms with E-state index in [-0.39, 0.29) is 0 Å². The summed E-state index contributed by atoms with van der Waals surface area (Å²) < 4.78 is 17.0. The molecule has 194 valence electrons. The first-order chi connectivity index (χ1) is 18.1. The van der Waals surface area contributed by atoms with Gasteiger partial charge in [0.15, 0.2) is 5.76 Å². The normalized spacial score (nSPS) is 16.0. The summed E-state index contributed by atoms with van der Waals surface area (Å²) in [5.74, 6) is 3.45. The number of ether oxygens (including phenoxy) is 2. The topological polar surface area (TPSA) is 110 Å². The second-order valence-electron chi connectivity index (χ2n) is 9.32. The molecule has 1 fully saturated rings. The summed E-state index contributed by atoms with van der Waals surface area (Å²) in [5, 5.41) is 10.7. The lowest BCUT2D eigenvalue weighted by Crippen LogP contribution is -2.38. The van der Waals surface area contributed by atoms with E-state index in [9.17, 15) is 0 Å². The van der Waals surface area contributed by atoms with Crippen LogP contribution in [-0.2, 0) is 11.3 Å². The lowest BCUT2D eigenvalue weighted by atomic mass is 10.0. The van der Waals surface area contributed by atoms with E-state index in [1.807, 2.05) is 36.4 Å². The van der Waals surface area contributed by atoms with Crippen molar-refractivity contribution in [2.75, 3.05) is 56.6 Å². The zero-order valence-corrected chi connectivity index (χ0v) is 21.3. The fourth-order valence-electron chi connectivity index (χ4n) is 4.05. The van der Waals surface area contributed by atoms with Crippen LogP contribution in [0.15, 0.2) is 63.6 Å². The Morgan fingerprint density at radius 3 is 2.70 bits per heavy atom. The molecule has 0 saturated carbocycles. The molecule has 1 aromatic carbocycles. The summed E-state index contributed by atoms with van der Waals surface area (Å²) in [7, 11) is 0. The van der Waals surface area contributed by atoms with Gasteiger partial charge in [0.1, 0.15) is 24.0 Å². The van der Waals surface area contributed by atoms with Gasteiger partial charge in [0, 0.05) is 37.3 Å². The maximum Gasteiger partial charge on any atom is 0.228 e. The minimum Gasteiger partial charge on any atom is -0.476 e. The minimum absolute atomic E-state index is 0.384. The summed E-state index contributed by atoms with van der Waals surface area (Å²) in [6.07, 6.45) is 2.08. The van der Waals surface area contributed by atoms with Crippen molar-refractivity contribution in [1.82, 2.24) is 20.0 Å². The van der Waals surface area contributed by atoms with Crippen LogP contribution in [0.1, 0.15) is 19.6 Å². The molecule has 37 heavy (non-hydrogen) atoms. The highest BCUT2D eigenvalue weighted by Gasteiger charge is 2.15. The van der Waals surface area contributed by atoms with Crippen molar-refractivity contribution < 1.29 is 14.0 Å². The highest BCUT2D eigenvalue weighted by Crippen LogP contribution is 2.22. The number of nitrogens with zero attached hydrogens (tertiary/aromatic N) is 5. The van der Waals surface area contributed by atoms with Crippen molar-refractivity contribution in [2.24, 2.45) is 10.9 Å². The number of aromatic nitrogens is 3. The van der Waals surface area contributed by atoms with Gasteiger partial charge in [-0.2, -0.15) is 9.97 Å². The van der Waals surface area contributed by atoms with Gasteiger partial charge in [-0.25, -0.2) is 0 Å². The zero-order valence-electron chi connectivity index (χ0n) is 21.3. The maximum atomic E-state index is 6.02. The molecular weight excluding hydrogens is 470 g/mol. The highest BCUT2D eigenvalue weighted by molar-refractivity contribution is 6.05. The molecule has 5 rings (SSSR count). The first-order valence-electron chi connectivity index (χ1n) is 12.7. The second-order valence-corrected chi connectivity index (χ2v) is 9.32. The van der Waals surface area contributed by atoms with Gasteiger partial charge in [-0.05, 0) is 17.6 Å². The number of nitrogens with one attached hydrogen (secondary N) is 2. The molecule has 0 radical (unpaired) electrons.